The molecule has 1 atom stereocenters. The van der Waals surface area contributed by atoms with Gasteiger partial charge in [-0.2, -0.15) is 0 Å². The number of quaternary nitrogens is 1. The number of amides is 1. The summed E-state index contributed by atoms with van der Waals surface area (Å²) in [4.78, 5) is 29.8. The summed E-state index contributed by atoms with van der Waals surface area (Å²) in [7, 11) is 0. The van der Waals surface area contributed by atoms with Crippen molar-refractivity contribution >= 4 is 17.4 Å². The number of ether oxygens (including phenoxy) is 4. The fraction of sp³-hybridized carbons (Fsp3) is 0.500. The average molecular weight is 567 g/mol. The molecule has 0 aromatic heterocycles. The van der Waals surface area contributed by atoms with Crippen molar-refractivity contribution < 1.29 is 38.5 Å². The Hall–Kier alpha value is -3.72. The van der Waals surface area contributed by atoms with E-state index in [0.717, 1.165) is 32.4 Å². The number of unbranched alkanes of at least 4 members (excludes halogenated alkanes) is 2. The Morgan fingerprint density at radius 1 is 0.951 bits per heavy atom. The van der Waals surface area contributed by atoms with Gasteiger partial charge in [-0.3, -0.25) is 9.59 Å². The zero-order valence-electron chi connectivity index (χ0n) is 24.6. The average Bonchev–Trinajstić information content (AvgIpc) is 3.25. The minimum absolute atomic E-state index is 0.0692. The van der Waals surface area contributed by atoms with Crippen LogP contribution < -0.4 is 29.0 Å². The van der Waals surface area contributed by atoms with Gasteiger partial charge in [-0.1, -0.05) is 37.7 Å². The maximum absolute atomic E-state index is 14.0. The first-order valence-corrected chi connectivity index (χ1v) is 14.8. The quantitative estimate of drug-likeness (QED) is 0.162. The van der Waals surface area contributed by atoms with Gasteiger partial charge in [0.2, 0.25) is 5.78 Å². The Kier molecular flexibility index (Phi) is 10.5. The molecule has 0 bridgehead atoms. The first kappa shape index (κ1) is 30.2. The normalized spacial score (nSPS) is 17.8. The molecule has 1 saturated heterocycles. The molecule has 41 heavy (non-hydrogen) atoms. The molecule has 4 rings (SSSR count). The minimum atomic E-state index is -0.848. The number of hydrogen-bond donors (Lipinski definition) is 1. The molecule has 0 saturated carbocycles. The van der Waals surface area contributed by atoms with Crippen LogP contribution in [0.15, 0.2) is 42.0 Å². The lowest BCUT2D eigenvalue weighted by molar-refractivity contribution is -0.895. The molecule has 0 aliphatic carbocycles. The Labute approximate surface area is 242 Å². The smallest absolute Gasteiger partial charge is 0.295 e. The van der Waals surface area contributed by atoms with Crippen molar-refractivity contribution in [3.8, 4) is 23.0 Å². The zero-order chi connectivity index (χ0) is 29.4. The molecule has 2 aromatic carbocycles. The summed E-state index contributed by atoms with van der Waals surface area (Å²) in [6, 6.07) is 9.43. The fourth-order valence-corrected chi connectivity index (χ4v) is 5.29. The number of likely N-dealkylation sites (N-methyl/N-ethyl adjacent to an activating group) is 1. The van der Waals surface area contributed by atoms with Crippen LogP contribution >= 0.6 is 0 Å². The standard InChI is InChI=1S/C32H42N2O7/c1-5-9-10-17-39-24-13-11-22(20-26(24)38-8-4)29-28(31(36)32(37)34(29)16-15-33(6-2)7-3)30(35)23-12-14-25-27(21-23)41-19-18-40-25/h11-14,20-21,29,35H,5-10,15-19H2,1-4H3. The summed E-state index contributed by atoms with van der Waals surface area (Å²) in [6.45, 7) is 12.8. The largest absolute Gasteiger partial charge is 0.872 e. The third-order valence-electron chi connectivity index (χ3n) is 7.63. The molecule has 9 nitrogen and oxygen atoms in total. The highest BCUT2D eigenvalue weighted by atomic mass is 16.6. The summed E-state index contributed by atoms with van der Waals surface area (Å²) in [6.07, 6.45) is 3.09. The molecule has 0 spiro atoms. The van der Waals surface area contributed by atoms with Gasteiger partial charge in [0, 0.05) is 5.57 Å². The summed E-state index contributed by atoms with van der Waals surface area (Å²) in [5, 5.41) is 14.0. The van der Waals surface area contributed by atoms with E-state index in [0.29, 0.717) is 68.1 Å². The van der Waals surface area contributed by atoms with E-state index in [2.05, 4.69) is 20.8 Å². The Morgan fingerprint density at radius 2 is 1.71 bits per heavy atom. The van der Waals surface area contributed by atoms with E-state index in [4.69, 9.17) is 18.9 Å². The molecular formula is C32H42N2O7. The van der Waals surface area contributed by atoms with E-state index >= 15 is 0 Å². The fourth-order valence-electron chi connectivity index (χ4n) is 5.29. The van der Waals surface area contributed by atoms with Gasteiger partial charge in [0.1, 0.15) is 13.2 Å². The second kappa shape index (κ2) is 14.3. The number of likely N-dealkylation sites (tertiary alicyclic amines) is 1. The summed E-state index contributed by atoms with van der Waals surface area (Å²) in [5.41, 5.74) is 0.830. The van der Waals surface area contributed by atoms with Crippen LogP contribution in [0.2, 0.25) is 0 Å². The van der Waals surface area contributed by atoms with E-state index in [9.17, 15) is 14.7 Å². The molecule has 1 N–H and O–H groups in total. The summed E-state index contributed by atoms with van der Waals surface area (Å²) < 4.78 is 23.2. The number of carbonyl (C=O) groups excluding carboxylic acids is 2. The number of Topliss-reactive ketones (excluding diaryl/α,β-unsaturated/α-hetero) is 1. The Morgan fingerprint density at radius 3 is 2.41 bits per heavy atom. The number of nitrogens with zero attached hydrogens (tertiary/aromatic N) is 1. The molecular weight excluding hydrogens is 524 g/mol. The predicted molar refractivity (Wildman–Crippen MR) is 153 cm³/mol. The first-order valence-electron chi connectivity index (χ1n) is 14.8. The monoisotopic (exact) mass is 566 g/mol. The highest BCUT2D eigenvalue weighted by molar-refractivity contribution is 6.46. The van der Waals surface area contributed by atoms with Gasteiger partial charge in [0.25, 0.3) is 5.91 Å². The summed E-state index contributed by atoms with van der Waals surface area (Å²) >= 11 is 0. The van der Waals surface area contributed by atoms with Crippen molar-refractivity contribution in [2.75, 3.05) is 52.6 Å². The summed E-state index contributed by atoms with van der Waals surface area (Å²) in [5.74, 6) is 0.169. The van der Waals surface area contributed by atoms with Crippen LogP contribution in [-0.2, 0) is 9.59 Å². The van der Waals surface area contributed by atoms with E-state index < -0.39 is 23.5 Å². The maximum atomic E-state index is 14.0. The van der Waals surface area contributed by atoms with E-state index in [1.807, 2.05) is 13.0 Å². The van der Waals surface area contributed by atoms with Crippen molar-refractivity contribution in [1.82, 2.24) is 4.90 Å². The molecule has 1 unspecified atom stereocenters. The predicted octanol–water partition coefficient (Wildman–Crippen LogP) is 2.57. The number of benzene rings is 2. The third kappa shape index (κ3) is 6.78. The number of rotatable bonds is 14. The van der Waals surface area contributed by atoms with Crippen LogP contribution in [0.3, 0.4) is 0 Å². The van der Waals surface area contributed by atoms with Gasteiger partial charge in [-0.25, -0.2) is 0 Å². The van der Waals surface area contributed by atoms with Crippen molar-refractivity contribution in [3.05, 3.63) is 53.1 Å². The minimum Gasteiger partial charge on any atom is -0.872 e. The number of nitrogens with one attached hydrogen (secondary N) is 1. The Balaban J connectivity index is 1.77. The van der Waals surface area contributed by atoms with Crippen LogP contribution in [0.4, 0.5) is 0 Å². The molecule has 1 fully saturated rings. The van der Waals surface area contributed by atoms with E-state index in [1.54, 1.807) is 30.3 Å². The molecule has 2 heterocycles. The lowest BCUT2D eigenvalue weighted by atomic mass is 9.94. The third-order valence-corrected chi connectivity index (χ3v) is 7.63. The van der Waals surface area contributed by atoms with Crippen LogP contribution in [0, 0.1) is 0 Å². The van der Waals surface area contributed by atoms with Gasteiger partial charge in [-0.05, 0) is 62.6 Å². The van der Waals surface area contributed by atoms with Gasteiger partial charge < -0.3 is 33.9 Å². The van der Waals surface area contributed by atoms with E-state index in [1.165, 1.54) is 9.80 Å². The molecule has 1 amide bonds. The topological polar surface area (TPSA) is 102 Å². The van der Waals surface area contributed by atoms with Crippen LogP contribution in [0.25, 0.3) is 5.76 Å². The zero-order valence-corrected chi connectivity index (χ0v) is 24.6. The van der Waals surface area contributed by atoms with Crippen molar-refractivity contribution in [3.63, 3.8) is 0 Å². The second-order valence-electron chi connectivity index (χ2n) is 10.2. The Bertz CT molecular complexity index is 1250. The lowest BCUT2D eigenvalue weighted by Gasteiger charge is -2.29. The van der Waals surface area contributed by atoms with Crippen molar-refractivity contribution in [2.24, 2.45) is 0 Å². The second-order valence-corrected chi connectivity index (χ2v) is 10.2. The molecule has 0 radical (unpaired) electrons. The number of hydrogen-bond acceptors (Lipinski definition) is 7. The number of fused-ring (bicyclic) bond motifs is 1. The number of carbonyl (C=O) groups is 2. The highest BCUT2D eigenvalue weighted by Crippen LogP contribution is 2.42. The van der Waals surface area contributed by atoms with Crippen LogP contribution in [0.1, 0.15) is 64.1 Å². The molecule has 9 heteroatoms. The van der Waals surface area contributed by atoms with Crippen molar-refractivity contribution in [2.45, 2.75) is 53.0 Å². The SMILES string of the molecule is CCCCCOc1ccc(C2C(=C([O-])c3ccc4c(c3)OCCO4)C(=O)C(=O)N2CC[NH+](CC)CC)cc1OCC. The van der Waals surface area contributed by atoms with Gasteiger partial charge in [0.05, 0.1) is 45.4 Å². The van der Waals surface area contributed by atoms with Gasteiger partial charge in [0.15, 0.2) is 23.0 Å². The molecule has 2 aliphatic rings. The molecule has 2 aliphatic heterocycles. The van der Waals surface area contributed by atoms with Gasteiger partial charge in [-0.15, -0.1) is 0 Å². The highest BCUT2D eigenvalue weighted by Gasteiger charge is 2.44. The first-order chi connectivity index (χ1) is 19.9. The molecule has 222 valence electrons. The number of ketones is 1. The lowest BCUT2D eigenvalue weighted by Crippen LogP contribution is -3.12. The van der Waals surface area contributed by atoms with Crippen LogP contribution in [-0.4, -0.2) is 69.2 Å². The van der Waals surface area contributed by atoms with Gasteiger partial charge >= 0.3 is 0 Å². The maximum Gasteiger partial charge on any atom is 0.295 e. The van der Waals surface area contributed by atoms with E-state index in [-0.39, 0.29) is 11.1 Å². The van der Waals surface area contributed by atoms with Crippen molar-refractivity contribution in [1.29, 1.82) is 0 Å². The molecule has 2 aromatic rings. The van der Waals surface area contributed by atoms with Crippen LogP contribution in [0.5, 0.6) is 23.0 Å².